The summed E-state index contributed by atoms with van der Waals surface area (Å²) in [7, 11) is 3.61. The van der Waals surface area contributed by atoms with Gasteiger partial charge in [0.2, 0.25) is 0 Å². The van der Waals surface area contributed by atoms with Crippen LogP contribution in [-0.4, -0.2) is 78.3 Å². The molecule has 1 aromatic rings. The molecule has 0 bridgehead atoms. The summed E-state index contributed by atoms with van der Waals surface area (Å²) in [6, 6.07) is 7.22. The van der Waals surface area contributed by atoms with E-state index in [0.29, 0.717) is 36.1 Å². The minimum atomic E-state index is -0.559. The zero-order chi connectivity index (χ0) is 27.3. The number of hydrazine groups is 1. The van der Waals surface area contributed by atoms with Gasteiger partial charge in [-0.15, -0.1) is 0 Å². The standard InChI is InChI=1S/C23H32ClN5O3.2C2H6/c1-15-22(31)19(27-26-15)14-29(3)23(32)17-6-4-16(5-7-17)10-11-25-12-20(30)18-8-9-21(24)28(2)13-18;2*1-2/h4-9,19-20,25-27,30-31H,10-14H2,1-3H3;2*1-2H3. The van der Waals surface area contributed by atoms with Crippen molar-refractivity contribution in [1.29, 1.82) is 0 Å². The van der Waals surface area contributed by atoms with E-state index < -0.39 is 6.10 Å². The molecule has 0 saturated heterocycles. The zero-order valence-corrected chi connectivity index (χ0v) is 23.5. The van der Waals surface area contributed by atoms with E-state index in [9.17, 15) is 15.0 Å². The summed E-state index contributed by atoms with van der Waals surface area (Å²) >= 11 is 6.03. The summed E-state index contributed by atoms with van der Waals surface area (Å²) in [5.41, 5.74) is 9.14. The molecular weight excluding hydrogens is 478 g/mol. The van der Waals surface area contributed by atoms with Crippen LogP contribution in [0.3, 0.4) is 0 Å². The molecular formula is C27H44ClN5O3. The van der Waals surface area contributed by atoms with E-state index in [0.717, 1.165) is 24.1 Å². The van der Waals surface area contributed by atoms with Gasteiger partial charge < -0.3 is 30.8 Å². The van der Waals surface area contributed by atoms with Crippen LogP contribution < -0.4 is 16.2 Å². The lowest BCUT2D eigenvalue weighted by Crippen LogP contribution is -2.43. The average molecular weight is 522 g/mol. The molecule has 0 spiro atoms. The highest BCUT2D eigenvalue weighted by Crippen LogP contribution is 2.18. The molecule has 0 radical (unpaired) electrons. The number of nitrogens with one attached hydrogen (secondary N) is 3. The van der Waals surface area contributed by atoms with Crippen LogP contribution in [0.1, 0.15) is 50.5 Å². The Kier molecular flexibility index (Phi) is 14.2. The summed E-state index contributed by atoms with van der Waals surface area (Å²) in [5, 5.41) is 24.3. The Labute approximate surface area is 221 Å². The molecule has 2 atom stereocenters. The van der Waals surface area contributed by atoms with E-state index in [-0.39, 0.29) is 17.7 Å². The van der Waals surface area contributed by atoms with Crippen LogP contribution in [0.4, 0.5) is 0 Å². The number of rotatable bonds is 9. The maximum atomic E-state index is 12.7. The van der Waals surface area contributed by atoms with Gasteiger partial charge in [0, 0.05) is 39.3 Å². The summed E-state index contributed by atoms with van der Waals surface area (Å²) < 4.78 is 0. The quantitative estimate of drug-likeness (QED) is 0.250. The second-order valence-electron chi connectivity index (χ2n) is 8.27. The number of halogens is 1. The topological polar surface area (TPSA) is 100 Å². The van der Waals surface area contributed by atoms with Crippen molar-refractivity contribution in [2.45, 2.75) is 53.2 Å². The van der Waals surface area contributed by atoms with Crippen LogP contribution in [0, 0.1) is 0 Å². The summed E-state index contributed by atoms with van der Waals surface area (Å²) in [6.45, 7) is 11.9. The van der Waals surface area contributed by atoms with Crippen molar-refractivity contribution in [3.05, 3.63) is 69.7 Å². The Morgan fingerprint density at radius 3 is 2.42 bits per heavy atom. The van der Waals surface area contributed by atoms with E-state index in [1.165, 1.54) is 0 Å². The van der Waals surface area contributed by atoms with Crippen LogP contribution in [0.5, 0.6) is 0 Å². The summed E-state index contributed by atoms with van der Waals surface area (Å²) in [6.07, 6.45) is 3.90. The third-order valence-corrected chi connectivity index (χ3v) is 6.14. The van der Waals surface area contributed by atoms with Gasteiger partial charge in [-0.1, -0.05) is 57.5 Å². The predicted molar refractivity (Wildman–Crippen MR) is 149 cm³/mol. The number of aliphatic hydroxyl groups is 2. The van der Waals surface area contributed by atoms with Crippen molar-refractivity contribution in [2.24, 2.45) is 0 Å². The Hall–Kier alpha value is -2.52. The van der Waals surface area contributed by atoms with Crippen LogP contribution in [0.25, 0.3) is 0 Å². The Bertz CT molecular complexity index is 914. The second kappa shape index (κ2) is 16.3. The van der Waals surface area contributed by atoms with Gasteiger partial charge in [-0.3, -0.25) is 4.79 Å². The Morgan fingerprint density at radius 2 is 1.86 bits per heavy atom. The molecule has 3 rings (SSSR count). The Morgan fingerprint density at radius 1 is 1.22 bits per heavy atom. The van der Waals surface area contributed by atoms with E-state index in [1.54, 1.807) is 24.9 Å². The molecule has 2 heterocycles. The van der Waals surface area contributed by atoms with E-state index in [1.807, 2.05) is 70.0 Å². The molecule has 1 aromatic carbocycles. The third kappa shape index (κ3) is 9.17. The number of hydrogen-bond donors (Lipinski definition) is 5. The molecule has 5 N–H and O–H groups in total. The molecule has 8 nitrogen and oxygen atoms in total. The fraction of sp³-hybridized carbons (Fsp3) is 0.519. The largest absolute Gasteiger partial charge is 0.509 e. The van der Waals surface area contributed by atoms with E-state index in [2.05, 4.69) is 16.2 Å². The van der Waals surface area contributed by atoms with Gasteiger partial charge in [0.05, 0.1) is 11.8 Å². The monoisotopic (exact) mass is 521 g/mol. The van der Waals surface area contributed by atoms with Crippen molar-refractivity contribution >= 4 is 17.5 Å². The zero-order valence-electron chi connectivity index (χ0n) is 22.7. The van der Waals surface area contributed by atoms with Crippen molar-refractivity contribution in [2.75, 3.05) is 40.3 Å². The smallest absolute Gasteiger partial charge is 0.253 e. The lowest BCUT2D eigenvalue weighted by atomic mass is 10.1. The molecule has 202 valence electrons. The number of likely N-dealkylation sites (N-methyl/N-ethyl adjacent to an activating group) is 2. The van der Waals surface area contributed by atoms with Gasteiger partial charge in [-0.25, -0.2) is 5.43 Å². The SMILES string of the molecule is CC.CC.CC1=C(O)C(CN(C)C(=O)c2ccc(CCNCC(O)C3=CC=C(Cl)N(C)C3)cc2)NN1. The number of carbonyl (C=O) groups is 1. The van der Waals surface area contributed by atoms with Crippen molar-refractivity contribution in [1.82, 2.24) is 26.0 Å². The van der Waals surface area contributed by atoms with Crippen LogP contribution in [-0.2, 0) is 6.42 Å². The second-order valence-corrected chi connectivity index (χ2v) is 8.66. The van der Waals surface area contributed by atoms with Gasteiger partial charge in [-0.2, -0.15) is 0 Å². The molecule has 0 fully saturated rings. The maximum Gasteiger partial charge on any atom is 0.253 e. The molecule has 36 heavy (non-hydrogen) atoms. The summed E-state index contributed by atoms with van der Waals surface area (Å²) in [5.74, 6) is 0.126. The number of nitrogens with zero attached hydrogens (tertiary/aromatic N) is 2. The molecule has 9 heteroatoms. The van der Waals surface area contributed by atoms with Crippen molar-refractivity contribution < 1.29 is 15.0 Å². The minimum absolute atomic E-state index is 0.100. The number of amides is 1. The first-order chi connectivity index (χ1) is 17.3. The summed E-state index contributed by atoms with van der Waals surface area (Å²) in [4.78, 5) is 16.2. The first-order valence-electron chi connectivity index (χ1n) is 12.7. The first-order valence-corrected chi connectivity index (χ1v) is 13.1. The normalized spacial score (nSPS) is 17.6. The molecule has 2 aliphatic rings. The van der Waals surface area contributed by atoms with E-state index in [4.69, 9.17) is 11.6 Å². The minimum Gasteiger partial charge on any atom is -0.509 e. The molecule has 0 aliphatic carbocycles. The number of aliphatic hydroxyl groups excluding tert-OH is 2. The highest BCUT2D eigenvalue weighted by molar-refractivity contribution is 6.29. The molecule has 0 saturated carbocycles. The fourth-order valence-electron chi connectivity index (χ4n) is 3.64. The van der Waals surface area contributed by atoms with Crippen molar-refractivity contribution in [3.8, 4) is 0 Å². The van der Waals surface area contributed by atoms with E-state index >= 15 is 0 Å². The van der Waals surface area contributed by atoms with Gasteiger partial charge in [0.1, 0.15) is 17.0 Å². The first kappa shape index (κ1) is 31.5. The van der Waals surface area contributed by atoms with Gasteiger partial charge >= 0.3 is 0 Å². The highest BCUT2D eigenvalue weighted by Gasteiger charge is 2.25. The lowest BCUT2D eigenvalue weighted by Gasteiger charge is -2.26. The van der Waals surface area contributed by atoms with Crippen LogP contribution in [0.15, 0.2) is 58.6 Å². The maximum absolute atomic E-state index is 12.7. The predicted octanol–water partition coefficient (Wildman–Crippen LogP) is 3.52. The van der Waals surface area contributed by atoms with Gasteiger partial charge in [0.15, 0.2) is 0 Å². The van der Waals surface area contributed by atoms with Crippen LogP contribution in [0.2, 0.25) is 0 Å². The number of hydrogen-bond acceptors (Lipinski definition) is 7. The highest BCUT2D eigenvalue weighted by atomic mass is 35.5. The van der Waals surface area contributed by atoms with Crippen LogP contribution >= 0.6 is 11.6 Å². The third-order valence-electron chi connectivity index (χ3n) is 5.73. The molecule has 2 unspecified atom stereocenters. The number of allylic oxidation sites excluding steroid dienone is 3. The molecule has 1 amide bonds. The molecule has 2 aliphatic heterocycles. The molecule has 0 aromatic heterocycles. The lowest BCUT2D eigenvalue weighted by molar-refractivity contribution is 0.0781. The van der Waals surface area contributed by atoms with Crippen molar-refractivity contribution in [3.63, 3.8) is 0 Å². The average Bonchev–Trinajstić information content (AvgIpc) is 3.22. The number of carbonyl (C=O) groups excluding carboxylic acids is 1. The van der Waals surface area contributed by atoms with Gasteiger partial charge in [0.25, 0.3) is 5.91 Å². The van der Waals surface area contributed by atoms with Gasteiger partial charge in [-0.05, 0) is 49.2 Å². The fourth-order valence-corrected chi connectivity index (χ4v) is 3.76. The number of benzene rings is 1. The Balaban J connectivity index is 0.00000154.